The van der Waals surface area contributed by atoms with E-state index in [1.54, 1.807) is 0 Å². The molecule has 0 aliphatic carbocycles. The molecule has 0 aromatic carbocycles. The summed E-state index contributed by atoms with van der Waals surface area (Å²) in [6, 6.07) is 1.03. The maximum absolute atomic E-state index is 10.8. The lowest BCUT2D eigenvalue weighted by Gasteiger charge is -2.37. The molecule has 94 valence electrons. The van der Waals surface area contributed by atoms with Crippen LogP contribution in [0.15, 0.2) is 12.4 Å². The van der Waals surface area contributed by atoms with Crippen molar-refractivity contribution in [2.45, 2.75) is 63.3 Å². The zero-order valence-electron chi connectivity index (χ0n) is 10.4. The molecule has 3 heterocycles. The Morgan fingerprint density at radius 1 is 1.47 bits per heavy atom. The molecule has 0 amide bonds. The van der Waals surface area contributed by atoms with E-state index in [0.717, 1.165) is 25.2 Å². The van der Waals surface area contributed by atoms with Crippen LogP contribution in [0.3, 0.4) is 0 Å². The molecule has 17 heavy (non-hydrogen) atoms. The first-order chi connectivity index (χ1) is 8.18. The van der Waals surface area contributed by atoms with Crippen molar-refractivity contribution < 1.29 is 5.11 Å². The topological polar surface area (TPSA) is 50.1 Å². The highest BCUT2D eigenvalue weighted by atomic mass is 16.3. The quantitative estimate of drug-likeness (QED) is 0.824. The molecule has 2 aliphatic rings. The van der Waals surface area contributed by atoms with Gasteiger partial charge in [0.2, 0.25) is 0 Å². The van der Waals surface area contributed by atoms with E-state index in [4.69, 9.17) is 0 Å². The van der Waals surface area contributed by atoms with Gasteiger partial charge in [-0.25, -0.2) is 4.98 Å². The Labute approximate surface area is 102 Å². The molecule has 2 aliphatic heterocycles. The summed E-state index contributed by atoms with van der Waals surface area (Å²) >= 11 is 0. The lowest BCUT2D eigenvalue weighted by molar-refractivity contribution is -0.00830. The molecule has 1 aromatic heterocycles. The fourth-order valence-electron chi connectivity index (χ4n) is 3.46. The highest BCUT2D eigenvalue weighted by Crippen LogP contribution is 2.35. The summed E-state index contributed by atoms with van der Waals surface area (Å²) in [6.07, 6.45) is 8.71. The van der Waals surface area contributed by atoms with Crippen LogP contribution in [-0.4, -0.2) is 32.3 Å². The van der Waals surface area contributed by atoms with Crippen LogP contribution in [0.5, 0.6) is 0 Å². The number of nitrogens with zero attached hydrogens (tertiary/aromatic N) is 2. The molecule has 4 heteroatoms. The summed E-state index contributed by atoms with van der Waals surface area (Å²) in [6.45, 7) is 3.04. The van der Waals surface area contributed by atoms with Gasteiger partial charge >= 0.3 is 0 Å². The molecule has 2 saturated heterocycles. The number of imidazole rings is 1. The largest absolute Gasteiger partial charge is 0.389 e. The SMILES string of the molecule is CCn1ccnc1CC1(O)CC2CCC(C1)N2. The van der Waals surface area contributed by atoms with Gasteiger partial charge in [-0.3, -0.25) is 0 Å². The Morgan fingerprint density at radius 3 is 2.82 bits per heavy atom. The predicted octanol–water partition coefficient (Wildman–Crippen LogP) is 1.09. The van der Waals surface area contributed by atoms with Crippen molar-refractivity contribution in [3.8, 4) is 0 Å². The standard InChI is InChI=1S/C13H21N3O/c1-2-16-6-5-14-12(16)9-13(17)7-10-3-4-11(8-13)15-10/h5-6,10-11,15,17H,2-4,7-9H2,1H3. The monoisotopic (exact) mass is 235 g/mol. The molecule has 2 unspecified atom stereocenters. The minimum absolute atomic E-state index is 0.517. The summed E-state index contributed by atoms with van der Waals surface area (Å²) in [5.74, 6) is 1.02. The Balaban J connectivity index is 1.76. The van der Waals surface area contributed by atoms with Crippen LogP contribution in [0.1, 0.15) is 38.4 Å². The number of aryl methyl sites for hydroxylation is 1. The minimum Gasteiger partial charge on any atom is -0.389 e. The fraction of sp³-hybridized carbons (Fsp3) is 0.769. The summed E-state index contributed by atoms with van der Waals surface area (Å²) in [7, 11) is 0. The second-order valence-corrected chi connectivity index (χ2v) is 5.58. The Hall–Kier alpha value is -0.870. The number of aromatic nitrogens is 2. The Morgan fingerprint density at radius 2 is 2.18 bits per heavy atom. The van der Waals surface area contributed by atoms with Gasteiger partial charge in [0.05, 0.1) is 5.60 Å². The number of hydrogen-bond acceptors (Lipinski definition) is 3. The third-order valence-electron chi connectivity index (χ3n) is 4.22. The first-order valence-corrected chi connectivity index (χ1v) is 6.67. The zero-order valence-corrected chi connectivity index (χ0v) is 10.4. The van der Waals surface area contributed by atoms with Crippen LogP contribution < -0.4 is 5.32 Å². The van der Waals surface area contributed by atoms with Crippen molar-refractivity contribution in [3.63, 3.8) is 0 Å². The van der Waals surface area contributed by atoms with E-state index in [2.05, 4.69) is 21.8 Å². The molecule has 3 rings (SSSR count). The van der Waals surface area contributed by atoms with E-state index in [1.165, 1.54) is 12.8 Å². The Kier molecular flexibility index (Phi) is 2.71. The molecule has 2 atom stereocenters. The maximum atomic E-state index is 10.8. The average molecular weight is 235 g/mol. The lowest BCUT2D eigenvalue weighted by atomic mass is 9.84. The first-order valence-electron chi connectivity index (χ1n) is 6.67. The summed E-state index contributed by atoms with van der Waals surface area (Å²) in [5, 5.41) is 14.3. The molecule has 2 N–H and O–H groups in total. The van der Waals surface area contributed by atoms with Gasteiger partial charge in [-0.15, -0.1) is 0 Å². The lowest BCUT2D eigenvalue weighted by Crippen LogP contribution is -2.49. The number of rotatable bonds is 3. The Bertz CT molecular complexity index is 389. The molecule has 0 spiro atoms. The van der Waals surface area contributed by atoms with E-state index in [9.17, 15) is 5.11 Å². The normalized spacial score (nSPS) is 36.4. The van der Waals surface area contributed by atoms with Gasteiger partial charge in [0.1, 0.15) is 5.82 Å². The van der Waals surface area contributed by atoms with Crippen LogP contribution in [0.4, 0.5) is 0 Å². The second kappa shape index (κ2) is 4.10. The van der Waals surface area contributed by atoms with E-state index >= 15 is 0 Å². The molecule has 2 bridgehead atoms. The molecule has 0 radical (unpaired) electrons. The molecular weight excluding hydrogens is 214 g/mol. The van der Waals surface area contributed by atoms with Gasteiger partial charge in [0.25, 0.3) is 0 Å². The maximum Gasteiger partial charge on any atom is 0.111 e. The van der Waals surface area contributed by atoms with Crippen molar-refractivity contribution in [1.82, 2.24) is 14.9 Å². The molecule has 4 nitrogen and oxygen atoms in total. The predicted molar refractivity (Wildman–Crippen MR) is 65.7 cm³/mol. The third-order valence-corrected chi connectivity index (χ3v) is 4.22. The number of nitrogens with one attached hydrogen (secondary N) is 1. The van der Waals surface area contributed by atoms with Crippen molar-refractivity contribution in [1.29, 1.82) is 0 Å². The highest BCUT2D eigenvalue weighted by Gasteiger charge is 2.42. The molecular formula is C13H21N3O. The summed E-state index contributed by atoms with van der Waals surface area (Å²) < 4.78 is 2.13. The van der Waals surface area contributed by atoms with Crippen LogP contribution in [0, 0.1) is 0 Å². The van der Waals surface area contributed by atoms with Gasteiger partial charge < -0.3 is 15.0 Å². The van der Waals surface area contributed by atoms with Gasteiger partial charge in [-0.2, -0.15) is 0 Å². The van der Waals surface area contributed by atoms with Crippen molar-refractivity contribution in [3.05, 3.63) is 18.2 Å². The zero-order chi connectivity index (χ0) is 11.9. The van der Waals surface area contributed by atoms with E-state index in [-0.39, 0.29) is 0 Å². The van der Waals surface area contributed by atoms with Crippen molar-refractivity contribution >= 4 is 0 Å². The summed E-state index contributed by atoms with van der Waals surface area (Å²) in [4.78, 5) is 4.38. The smallest absolute Gasteiger partial charge is 0.111 e. The number of hydrogen-bond donors (Lipinski definition) is 2. The molecule has 2 fully saturated rings. The van der Waals surface area contributed by atoms with E-state index in [1.807, 2.05) is 12.4 Å². The second-order valence-electron chi connectivity index (χ2n) is 5.58. The third kappa shape index (κ3) is 2.11. The number of fused-ring (bicyclic) bond motifs is 2. The summed E-state index contributed by atoms with van der Waals surface area (Å²) in [5.41, 5.74) is -0.546. The number of aliphatic hydroxyl groups is 1. The van der Waals surface area contributed by atoms with Crippen LogP contribution in [0.2, 0.25) is 0 Å². The van der Waals surface area contributed by atoms with Crippen LogP contribution in [0.25, 0.3) is 0 Å². The first kappa shape index (κ1) is 11.2. The van der Waals surface area contributed by atoms with Crippen molar-refractivity contribution in [2.24, 2.45) is 0 Å². The van der Waals surface area contributed by atoms with Crippen LogP contribution in [-0.2, 0) is 13.0 Å². The van der Waals surface area contributed by atoms with Crippen molar-refractivity contribution in [2.75, 3.05) is 0 Å². The molecule has 1 aromatic rings. The average Bonchev–Trinajstić information content (AvgIpc) is 2.85. The minimum atomic E-state index is -0.546. The van der Waals surface area contributed by atoms with E-state index in [0.29, 0.717) is 18.5 Å². The van der Waals surface area contributed by atoms with E-state index < -0.39 is 5.60 Å². The van der Waals surface area contributed by atoms with Crippen LogP contribution >= 0.6 is 0 Å². The van der Waals surface area contributed by atoms with Gasteiger partial charge in [-0.05, 0) is 32.6 Å². The highest BCUT2D eigenvalue weighted by molar-refractivity contribution is 5.06. The number of piperidine rings is 1. The van der Waals surface area contributed by atoms with Gasteiger partial charge in [-0.1, -0.05) is 0 Å². The molecule has 0 saturated carbocycles. The van der Waals surface area contributed by atoms with Gasteiger partial charge in [0.15, 0.2) is 0 Å². The fourth-order valence-corrected chi connectivity index (χ4v) is 3.46. The van der Waals surface area contributed by atoms with Gasteiger partial charge in [0, 0.05) is 37.4 Å².